The van der Waals surface area contributed by atoms with Crippen LogP contribution in [0.25, 0.3) is 21.8 Å². The standard InChI is InChI=1S/C13H10N2O2/c16-13(17)14-15-11-7-3-1-5-9(11)10-6-2-4-8-12(10)15/h1-8,14H,(H,16,17). The molecule has 2 aromatic carbocycles. The van der Waals surface area contributed by atoms with Crippen LogP contribution in [0, 0.1) is 0 Å². The Bertz CT molecular complexity index is 662. The van der Waals surface area contributed by atoms with Gasteiger partial charge in [0.25, 0.3) is 0 Å². The van der Waals surface area contributed by atoms with Gasteiger partial charge < -0.3 is 5.11 Å². The molecule has 1 amide bonds. The molecular formula is C13H10N2O2. The van der Waals surface area contributed by atoms with Crippen LogP contribution in [0.5, 0.6) is 0 Å². The maximum Gasteiger partial charge on any atom is 0.423 e. The number of para-hydroxylation sites is 2. The molecule has 0 radical (unpaired) electrons. The predicted molar refractivity (Wildman–Crippen MR) is 66.8 cm³/mol. The molecule has 4 nitrogen and oxygen atoms in total. The minimum absolute atomic E-state index is 0.858. The zero-order chi connectivity index (χ0) is 11.8. The molecule has 1 aromatic heterocycles. The summed E-state index contributed by atoms with van der Waals surface area (Å²) in [6.45, 7) is 0. The summed E-state index contributed by atoms with van der Waals surface area (Å²) in [5.41, 5.74) is 4.12. The second kappa shape index (κ2) is 3.52. The molecule has 0 saturated heterocycles. The Hall–Kier alpha value is -2.49. The normalized spacial score (nSPS) is 10.8. The van der Waals surface area contributed by atoms with E-state index in [-0.39, 0.29) is 0 Å². The first-order chi connectivity index (χ1) is 8.27. The minimum atomic E-state index is -1.07. The predicted octanol–water partition coefficient (Wildman–Crippen LogP) is 3.02. The second-order valence-electron chi connectivity index (χ2n) is 3.79. The highest BCUT2D eigenvalue weighted by Crippen LogP contribution is 2.27. The Morgan fingerprint density at radius 1 is 0.941 bits per heavy atom. The number of hydrogen-bond acceptors (Lipinski definition) is 1. The number of nitrogens with zero attached hydrogens (tertiary/aromatic N) is 1. The smallest absolute Gasteiger partial charge is 0.423 e. The fourth-order valence-electron chi connectivity index (χ4n) is 2.14. The van der Waals surface area contributed by atoms with Crippen molar-refractivity contribution in [2.24, 2.45) is 0 Å². The van der Waals surface area contributed by atoms with Crippen LogP contribution < -0.4 is 5.43 Å². The molecule has 0 fully saturated rings. The van der Waals surface area contributed by atoms with E-state index in [2.05, 4.69) is 5.43 Å². The van der Waals surface area contributed by atoms with Crippen molar-refractivity contribution in [3.8, 4) is 0 Å². The molecule has 0 unspecified atom stereocenters. The number of aromatic nitrogens is 1. The van der Waals surface area contributed by atoms with Crippen LogP contribution >= 0.6 is 0 Å². The van der Waals surface area contributed by atoms with Crippen LogP contribution in [0.15, 0.2) is 48.5 Å². The average Bonchev–Trinajstić information content (AvgIpc) is 2.65. The Kier molecular flexibility index (Phi) is 2.01. The van der Waals surface area contributed by atoms with Gasteiger partial charge in [-0.25, -0.2) is 14.9 Å². The monoisotopic (exact) mass is 226 g/mol. The summed E-state index contributed by atoms with van der Waals surface area (Å²) in [6, 6.07) is 15.4. The van der Waals surface area contributed by atoms with Crippen molar-refractivity contribution in [2.45, 2.75) is 0 Å². The largest absolute Gasteiger partial charge is 0.464 e. The molecule has 4 heteroatoms. The lowest BCUT2D eigenvalue weighted by atomic mass is 10.2. The summed E-state index contributed by atoms with van der Waals surface area (Å²) in [5, 5.41) is 10.9. The molecule has 0 saturated carbocycles. The molecule has 0 aliphatic carbocycles. The van der Waals surface area contributed by atoms with E-state index in [0.717, 1.165) is 21.8 Å². The van der Waals surface area contributed by atoms with Crippen molar-refractivity contribution in [3.05, 3.63) is 48.5 Å². The molecule has 0 aliphatic rings. The first-order valence-electron chi connectivity index (χ1n) is 5.25. The van der Waals surface area contributed by atoms with Crippen molar-refractivity contribution in [1.82, 2.24) is 4.68 Å². The fourth-order valence-corrected chi connectivity index (χ4v) is 2.14. The Morgan fingerprint density at radius 3 is 1.88 bits per heavy atom. The van der Waals surface area contributed by atoms with Gasteiger partial charge in [-0.2, -0.15) is 0 Å². The highest BCUT2D eigenvalue weighted by Gasteiger charge is 2.10. The number of nitrogens with one attached hydrogen (secondary N) is 1. The van der Waals surface area contributed by atoms with Crippen LogP contribution in [0.2, 0.25) is 0 Å². The number of carboxylic acid groups (broad SMARTS) is 1. The lowest BCUT2D eigenvalue weighted by Gasteiger charge is -2.05. The Balaban J connectivity index is 2.45. The first-order valence-corrected chi connectivity index (χ1v) is 5.25. The minimum Gasteiger partial charge on any atom is -0.464 e. The molecule has 0 bridgehead atoms. The maximum absolute atomic E-state index is 10.8. The zero-order valence-corrected chi connectivity index (χ0v) is 8.92. The van der Waals surface area contributed by atoms with E-state index in [1.807, 2.05) is 48.5 Å². The van der Waals surface area contributed by atoms with Crippen molar-refractivity contribution in [3.63, 3.8) is 0 Å². The number of rotatable bonds is 1. The van der Waals surface area contributed by atoms with Gasteiger partial charge in [0, 0.05) is 10.8 Å². The summed E-state index contributed by atoms with van der Waals surface area (Å²) in [4.78, 5) is 10.8. The van der Waals surface area contributed by atoms with E-state index in [0.29, 0.717) is 0 Å². The van der Waals surface area contributed by atoms with Gasteiger partial charge in [-0.1, -0.05) is 36.4 Å². The molecule has 3 rings (SSSR count). The van der Waals surface area contributed by atoms with Gasteiger partial charge in [-0.3, -0.25) is 0 Å². The van der Waals surface area contributed by atoms with Gasteiger partial charge in [0.2, 0.25) is 0 Å². The average molecular weight is 226 g/mol. The molecule has 1 heterocycles. The fraction of sp³-hybridized carbons (Fsp3) is 0. The molecular weight excluding hydrogens is 216 g/mol. The Morgan fingerprint density at radius 2 is 1.41 bits per heavy atom. The molecule has 3 aromatic rings. The van der Waals surface area contributed by atoms with Gasteiger partial charge in [-0.15, -0.1) is 0 Å². The van der Waals surface area contributed by atoms with E-state index in [4.69, 9.17) is 5.11 Å². The zero-order valence-electron chi connectivity index (χ0n) is 8.92. The van der Waals surface area contributed by atoms with Gasteiger partial charge in [0.05, 0.1) is 11.0 Å². The summed E-state index contributed by atoms with van der Waals surface area (Å²) < 4.78 is 1.59. The third-order valence-electron chi connectivity index (χ3n) is 2.79. The molecule has 84 valence electrons. The van der Waals surface area contributed by atoms with Gasteiger partial charge in [0.15, 0.2) is 0 Å². The van der Waals surface area contributed by atoms with E-state index >= 15 is 0 Å². The van der Waals surface area contributed by atoms with Crippen LogP contribution in [-0.4, -0.2) is 15.9 Å². The van der Waals surface area contributed by atoms with Gasteiger partial charge in [-0.05, 0) is 12.1 Å². The summed E-state index contributed by atoms with van der Waals surface area (Å²) in [5.74, 6) is 0. The molecule has 2 N–H and O–H groups in total. The topological polar surface area (TPSA) is 54.3 Å². The van der Waals surface area contributed by atoms with Crippen molar-refractivity contribution < 1.29 is 9.90 Å². The summed E-state index contributed by atoms with van der Waals surface area (Å²) in [6.07, 6.45) is -1.07. The van der Waals surface area contributed by atoms with Crippen molar-refractivity contribution in [2.75, 3.05) is 5.43 Å². The number of hydrogen-bond donors (Lipinski definition) is 2. The summed E-state index contributed by atoms with van der Waals surface area (Å²) in [7, 11) is 0. The van der Waals surface area contributed by atoms with Crippen LogP contribution in [-0.2, 0) is 0 Å². The number of benzene rings is 2. The van der Waals surface area contributed by atoms with Crippen LogP contribution in [0.3, 0.4) is 0 Å². The molecule has 0 spiro atoms. The third kappa shape index (κ3) is 1.42. The van der Waals surface area contributed by atoms with E-state index in [9.17, 15) is 4.79 Å². The van der Waals surface area contributed by atoms with Crippen molar-refractivity contribution in [1.29, 1.82) is 0 Å². The maximum atomic E-state index is 10.8. The number of carbonyl (C=O) groups is 1. The van der Waals surface area contributed by atoms with E-state index in [1.165, 1.54) is 0 Å². The second-order valence-corrected chi connectivity index (χ2v) is 3.79. The highest BCUT2D eigenvalue weighted by atomic mass is 16.4. The first kappa shape index (κ1) is 9.72. The lowest BCUT2D eigenvalue weighted by Crippen LogP contribution is -2.19. The lowest BCUT2D eigenvalue weighted by molar-refractivity contribution is 0.206. The van der Waals surface area contributed by atoms with Gasteiger partial charge >= 0.3 is 6.09 Å². The Labute approximate surface area is 97.1 Å². The molecule has 17 heavy (non-hydrogen) atoms. The van der Waals surface area contributed by atoms with E-state index < -0.39 is 6.09 Å². The van der Waals surface area contributed by atoms with Crippen LogP contribution in [0.1, 0.15) is 0 Å². The molecule has 0 aliphatic heterocycles. The van der Waals surface area contributed by atoms with Crippen molar-refractivity contribution >= 4 is 27.9 Å². The number of fused-ring (bicyclic) bond motifs is 3. The van der Waals surface area contributed by atoms with E-state index in [1.54, 1.807) is 4.68 Å². The highest BCUT2D eigenvalue weighted by molar-refractivity contribution is 6.08. The number of amides is 1. The SMILES string of the molecule is O=C(O)Nn1c2ccccc2c2ccccc21. The van der Waals surface area contributed by atoms with Gasteiger partial charge in [0.1, 0.15) is 0 Å². The molecule has 0 atom stereocenters. The summed E-state index contributed by atoms with van der Waals surface area (Å²) >= 11 is 0. The quantitative estimate of drug-likeness (QED) is 0.670. The van der Waals surface area contributed by atoms with Crippen LogP contribution in [0.4, 0.5) is 4.79 Å². The third-order valence-corrected chi connectivity index (χ3v) is 2.79.